The Bertz CT molecular complexity index is 3610. The number of ether oxygens (including phenoxy) is 1. The fourth-order valence-electron chi connectivity index (χ4n) is 8.41. The lowest BCUT2D eigenvalue weighted by molar-refractivity contribution is 0.0993. The molecule has 15 heteroatoms. The third-order valence-electron chi connectivity index (χ3n) is 11.6. The molecule has 0 unspecified atom stereocenters. The van der Waals surface area contributed by atoms with Gasteiger partial charge < -0.3 is 10.9 Å². The van der Waals surface area contributed by atoms with Gasteiger partial charge in [-0.15, -0.1) is 34.0 Å². The van der Waals surface area contributed by atoms with Gasteiger partial charge in [0.05, 0.1) is 30.6 Å². The van der Waals surface area contributed by atoms with Crippen LogP contribution in [-0.4, -0.2) is 46.4 Å². The van der Waals surface area contributed by atoms with Crippen molar-refractivity contribution < 1.29 is 27.3 Å². The van der Waals surface area contributed by atoms with E-state index in [9.17, 15) is 22.6 Å². The van der Waals surface area contributed by atoms with Gasteiger partial charge in [-0.25, -0.2) is 19.7 Å². The molecule has 326 valence electrons. The molecule has 1 amide bonds. The predicted molar refractivity (Wildman–Crippen MR) is 265 cm³/mol. The number of carbonyl (C=O) groups is 2. The number of nitrogens with one attached hydrogen (secondary N) is 1. The van der Waals surface area contributed by atoms with Crippen molar-refractivity contribution in [1.29, 1.82) is 0 Å². The van der Waals surface area contributed by atoms with Crippen molar-refractivity contribution in [3.8, 4) is 42.8 Å². The number of rotatable bonds is 10. The number of hydrogen-bond donors (Lipinski definition) is 3. The normalized spacial score (nSPS) is 12.3. The number of hydrogen-bond acceptors (Lipinski definition) is 12. The molecule has 7 aromatic carbocycles. The van der Waals surface area contributed by atoms with E-state index in [1.54, 1.807) is 19.1 Å². The molecular formula is C51H37N5O6S4. The Labute approximate surface area is 390 Å². The predicted octanol–water partition coefficient (Wildman–Crippen LogP) is 13.0. The molecule has 0 atom stereocenters. The number of fused-ring (bicyclic) bond motifs is 6. The Morgan fingerprint density at radius 1 is 0.652 bits per heavy atom. The van der Waals surface area contributed by atoms with Crippen molar-refractivity contribution in [3.05, 3.63) is 173 Å². The SMILES string of the molecule is Cc1ccc2nc(-c3ccc4nc(-c5ccc(CC(=O)c6ccc7nc(-c8ccc(NC(=O)OCC9c%10ccccc%10-c%10ccccc%109)cc8)sc7c6)cc5)sc4c3)sc2c1S(=O)(=O)O.N. The second-order valence-corrected chi connectivity index (χ2v) is 20.2. The van der Waals surface area contributed by atoms with Crippen LogP contribution in [0, 0.1) is 6.92 Å². The van der Waals surface area contributed by atoms with Crippen LogP contribution in [0.2, 0.25) is 0 Å². The number of amides is 1. The average Bonchev–Trinajstić information content (AvgIpc) is 4.11. The highest BCUT2D eigenvalue weighted by Gasteiger charge is 2.29. The van der Waals surface area contributed by atoms with Crippen LogP contribution < -0.4 is 11.5 Å². The van der Waals surface area contributed by atoms with Gasteiger partial charge in [0.1, 0.15) is 26.5 Å². The molecule has 0 bridgehead atoms. The Hall–Kier alpha value is -6.98. The van der Waals surface area contributed by atoms with Crippen LogP contribution in [0.15, 0.2) is 150 Å². The summed E-state index contributed by atoms with van der Waals surface area (Å²) in [4.78, 5) is 40.7. The summed E-state index contributed by atoms with van der Waals surface area (Å²) in [5.74, 6) is -0.0208. The van der Waals surface area contributed by atoms with E-state index in [0.29, 0.717) is 32.0 Å². The smallest absolute Gasteiger partial charge is 0.411 e. The molecule has 0 spiro atoms. The van der Waals surface area contributed by atoms with Crippen molar-refractivity contribution in [2.75, 3.05) is 11.9 Å². The summed E-state index contributed by atoms with van der Waals surface area (Å²) >= 11 is 4.27. The second-order valence-electron chi connectivity index (χ2n) is 15.8. The number of Topliss-reactive ketones (excluding diaryl/α,β-unsaturated/α-hetero) is 1. The Morgan fingerprint density at radius 2 is 1.20 bits per heavy atom. The van der Waals surface area contributed by atoms with E-state index in [4.69, 9.17) is 14.7 Å². The highest BCUT2D eigenvalue weighted by atomic mass is 32.2. The van der Waals surface area contributed by atoms with Crippen molar-refractivity contribution in [3.63, 3.8) is 0 Å². The van der Waals surface area contributed by atoms with Crippen LogP contribution in [0.4, 0.5) is 10.5 Å². The van der Waals surface area contributed by atoms with Gasteiger partial charge in [-0.2, -0.15) is 8.42 Å². The largest absolute Gasteiger partial charge is 0.448 e. The molecule has 0 saturated heterocycles. The van der Waals surface area contributed by atoms with E-state index in [2.05, 4.69) is 34.6 Å². The van der Waals surface area contributed by atoms with Gasteiger partial charge in [-0.1, -0.05) is 78.9 Å². The number of benzene rings is 7. The molecule has 0 saturated carbocycles. The van der Waals surface area contributed by atoms with Gasteiger partial charge in [0.15, 0.2) is 5.78 Å². The van der Waals surface area contributed by atoms with Crippen molar-refractivity contribution in [2.24, 2.45) is 0 Å². The number of thiazole rings is 3. The number of aromatic nitrogens is 3. The zero-order valence-corrected chi connectivity index (χ0v) is 38.3. The van der Waals surface area contributed by atoms with E-state index in [1.165, 1.54) is 45.1 Å². The van der Waals surface area contributed by atoms with E-state index in [1.807, 2.05) is 109 Å². The van der Waals surface area contributed by atoms with Crippen LogP contribution in [-0.2, 0) is 21.3 Å². The minimum absolute atomic E-state index is 0. The summed E-state index contributed by atoms with van der Waals surface area (Å²) in [5, 5.41) is 5.13. The average molecular weight is 944 g/mol. The first kappa shape index (κ1) is 42.9. The molecule has 5 N–H and O–H groups in total. The lowest BCUT2D eigenvalue weighted by Crippen LogP contribution is -2.17. The zero-order chi connectivity index (χ0) is 44.4. The third-order valence-corrected chi connectivity index (χ3v) is 16.0. The second kappa shape index (κ2) is 17.1. The fraction of sp³-hybridized carbons (Fsp3) is 0.0784. The zero-order valence-electron chi connectivity index (χ0n) is 35.0. The molecule has 66 heavy (non-hydrogen) atoms. The summed E-state index contributed by atoms with van der Waals surface area (Å²) < 4.78 is 42.2. The Morgan fingerprint density at radius 3 is 1.85 bits per heavy atom. The maximum Gasteiger partial charge on any atom is 0.411 e. The number of ketones is 1. The maximum absolute atomic E-state index is 13.5. The van der Waals surface area contributed by atoms with Crippen LogP contribution in [0.1, 0.15) is 38.5 Å². The van der Waals surface area contributed by atoms with Crippen LogP contribution in [0.5, 0.6) is 0 Å². The van der Waals surface area contributed by atoms with Crippen molar-refractivity contribution in [2.45, 2.75) is 24.2 Å². The monoisotopic (exact) mass is 943 g/mol. The molecule has 10 aromatic rings. The van der Waals surface area contributed by atoms with Crippen LogP contribution in [0.3, 0.4) is 0 Å². The summed E-state index contributed by atoms with van der Waals surface area (Å²) in [6, 6.07) is 46.7. The van der Waals surface area contributed by atoms with E-state index in [-0.39, 0.29) is 35.8 Å². The molecule has 3 aromatic heterocycles. The van der Waals surface area contributed by atoms with Crippen LogP contribution >= 0.6 is 34.0 Å². The molecule has 0 aliphatic heterocycles. The first-order valence-corrected chi connectivity index (χ1v) is 24.5. The quantitative estimate of drug-likeness (QED) is 0.0881. The van der Waals surface area contributed by atoms with Crippen LogP contribution in [0.25, 0.3) is 73.5 Å². The van der Waals surface area contributed by atoms with Gasteiger partial charge in [0.25, 0.3) is 10.1 Å². The molecule has 3 heterocycles. The van der Waals surface area contributed by atoms with E-state index >= 15 is 0 Å². The maximum atomic E-state index is 13.5. The van der Waals surface area contributed by atoms with Gasteiger partial charge in [0.2, 0.25) is 0 Å². The van der Waals surface area contributed by atoms with Gasteiger partial charge in [0, 0.05) is 40.3 Å². The minimum Gasteiger partial charge on any atom is -0.448 e. The minimum atomic E-state index is -4.42. The first-order valence-electron chi connectivity index (χ1n) is 20.6. The third kappa shape index (κ3) is 8.06. The van der Waals surface area contributed by atoms with Gasteiger partial charge in [-0.3, -0.25) is 14.7 Å². The highest BCUT2D eigenvalue weighted by molar-refractivity contribution is 7.86. The number of nitrogens with zero attached hydrogens (tertiary/aromatic N) is 3. The lowest BCUT2D eigenvalue weighted by Gasteiger charge is -2.14. The van der Waals surface area contributed by atoms with Gasteiger partial charge in [-0.05, 0) is 107 Å². The molecule has 0 fully saturated rings. The molecule has 11 nitrogen and oxygen atoms in total. The summed E-state index contributed by atoms with van der Waals surface area (Å²) in [6.07, 6.45) is -0.280. The lowest BCUT2D eigenvalue weighted by atomic mass is 9.98. The molecule has 11 rings (SSSR count). The fourth-order valence-corrected chi connectivity index (χ4v) is 12.7. The molecule has 1 aliphatic carbocycles. The van der Waals surface area contributed by atoms with E-state index < -0.39 is 16.2 Å². The topological polar surface area (TPSA) is 183 Å². The standard InChI is InChI=1S/C51H34N4O6S4.H3N/c1-28-10-21-42-46(47(28)65(58,59)60)64-50(55-42)33-18-23-41-45(26-33)63-48(54-41)30-13-11-29(12-14-30)24-43(56)32-17-22-40-44(25-32)62-49(53-40)31-15-19-34(20-16-31)52-51(57)61-27-39-37-8-4-2-6-35(37)36-7-3-5-9-38(36)39;/h2-23,25-26,39H,24,27H2,1H3,(H,52,57)(H,58,59,60);1H3. The first-order chi connectivity index (χ1) is 31.5. The van der Waals surface area contributed by atoms with Crippen molar-refractivity contribution in [1.82, 2.24) is 21.1 Å². The Kier molecular flexibility index (Phi) is 11.1. The highest BCUT2D eigenvalue weighted by Crippen LogP contribution is 2.45. The summed E-state index contributed by atoms with van der Waals surface area (Å²) in [5.41, 5.74) is 12.0. The number of aryl methyl sites for hydroxylation is 1. The molecular weight excluding hydrogens is 907 g/mol. The van der Waals surface area contributed by atoms with E-state index in [0.717, 1.165) is 63.8 Å². The summed E-state index contributed by atoms with van der Waals surface area (Å²) in [7, 11) is -4.42. The number of anilines is 1. The Balaban J connectivity index is 0.00000511. The molecule has 0 radical (unpaired) electrons. The van der Waals surface area contributed by atoms with Gasteiger partial charge >= 0.3 is 6.09 Å². The number of carbonyl (C=O) groups excluding carboxylic acids is 2. The summed E-state index contributed by atoms with van der Waals surface area (Å²) in [6.45, 7) is 1.88. The molecule has 1 aliphatic rings. The van der Waals surface area contributed by atoms with Crippen molar-refractivity contribution >= 4 is 92.3 Å².